The van der Waals surface area contributed by atoms with Crippen molar-refractivity contribution in [3.8, 4) is 17.3 Å². The second-order valence-electron chi connectivity index (χ2n) is 8.78. The standard InChI is InChI=1S/C27H27N7O3/c1-36-14-11-29-25(35)23-17-18-5-2-3-8-22(18)34(23)27-31-24(20-6-4-7-21-19(20)9-10-28-21)30-26(32-27)33-12-15-37-16-13-33/h2-10,17,28H,11-16H2,1H3,(H,29,35). The number of hydrogen-bond acceptors (Lipinski definition) is 7. The van der Waals surface area contributed by atoms with E-state index in [9.17, 15) is 4.79 Å². The molecular weight excluding hydrogens is 470 g/mol. The van der Waals surface area contributed by atoms with Crippen LogP contribution in [0.5, 0.6) is 0 Å². The number of fused-ring (bicyclic) bond motifs is 2. The average molecular weight is 498 g/mol. The van der Waals surface area contributed by atoms with Gasteiger partial charge in [-0.05, 0) is 24.3 Å². The summed E-state index contributed by atoms with van der Waals surface area (Å²) in [6.07, 6.45) is 1.90. The van der Waals surface area contributed by atoms with Crippen molar-refractivity contribution in [1.29, 1.82) is 0 Å². The molecule has 2 N–H and O–H groups in total. The number of ether oxygens (including phenoxy) is 2. The number of benzene rings is 2. The monoisotopic (exact) mass is 497 g/mol. The van der Waals surface area contributed by atoms with Crippen LogP contribution in [0.2, 0.25) is 0 Å². The van der Waals surface area contributed by atoms with Crippen LogP contribution in [0.3, 0.4) is 0 Å². The van der Waals surface area contributed by atoms with E-state index in [-0.39, 0.29) is 5.91 Å². The number of methoxy groups -OCH3 is 1. The Hall–Kier alpha value is -4.28. The largest absolute Gasteiger partial charge is 0.383 e. The summed E-state index contributed by atoms with van der Waals surface area (Å²) >= 11 is 0. The molecule has 0 radical (unpaired) electrons. The molecule has 1 aliphatic heterocycles. The molecule has 5 aromatic rings. The van der Waals surface area contributed by atoms with E-state index in [4.69, 9.17) is 24.4 Å². The molecule has 1 fully saturated rings. The molecule has 0 saturated carbocycles. The Balaban J connectivity index is 1.55. The lowest BCUT2D eigenvalue weighted by molar-refractivity contribution is 0.0930. The number of hydrogen-bond donors (Lipinski definition) is 2. The van der Waals surface area contributed by atoms with Crippen molar-refractivity contribution < 1.29 is 14.3 Å². The highest BCUT2D eigenvalue weighted by Gasteiger charge is 2.23. The zero-order chi connectivity index (χ0) is 25.2. The predicted octanol–water partition coefficient (Wildman–Crippen LogP) is 3.18. The summed E-state index contributed by atoms with van der Waals surface area (Å²) in [6.45, 7) is 3.37. The summed E-state index contributed by atoms with van der Waals surface area (Å²) in [5, 5.41) is 4.86. The summed E-state index contributed by atoms with van der Waals surface area (Å²) in [5.74, 6) is 1.26. The summed E-state index contributed by atoms with van der Waals surface area (Å²) in [4.78, 5) is 33.3. The van der Waals surface area contributed by atoms with Gasteiger partial charge in [0.1, 0.15) is 5.69 Å². The molecule has 0 spiro atoms. The Morgan fingerprint density at radius 1 is 1.05 bits per heavy atom. The van der Waals surface area contributed by atoms with Crippen LogP contribution in [-0.4, -0.2) is 77.0 Å². The number of carbonyl (C=O) groups is 1. The lowest BCUT2D eigenvalue weighted by Gasteiger charge is -2.27. The van der Waals surface area contributed by atoms with E-state index >= 15 is 0 Å². The fraction of sp³-hybridized carbons (Fsp3) is 0.259. The van der Waals surface area contributed by atoms with Crippen LogP contribution in [0, 0.1) is 0 Å². The molecule has 1 saturated heterocycles. The number of nitrogens with zero attached hydrogens (tertiary/aromatic N) is 5. The SMILES string of the molecule is COCCNC(=O)c1cc2ccccc2n1-c1nc(-c2cccc3[nH]ccc23)nc(N2CCOCC2)n1. The summed E-state index contributed by atoms with van der Waals surface area (Å²) < 4.78 is 12.5. The Kier molecular flexibility index (Phi) is 6.25. The first-order valence-corrected chi connectivity index (χ1v) is 12.3. The third kappa shape index (κ3) is 4.41. The molecule has 3 aromatic heterocycles. The van der Waals surface area contributed by atoms with E-state index in [1.165, 1.54) is 0 Å². The molecule has 2 aromatic carbocycles. The zero-order valence-electron chi connectivity index (χ0n) is 20.5. The van der Waals surface area contributed by atoms with Gasteiger partial charge in [0.15, 0.2) is 5.82 Å². The smallest absolute Gasteiger partial charge is 0.268 e. The van der Waals surface area contributed by atoms with Crippen LogP contribution >= 0.6 is 0 Å². The van der Waals surface area contributed by atoms with Gasteiger partial charge in [0.2, 0.25) is 11.9 Å². The maximum absolute atomic E-state index is 13.3. The van der Waals surface area contributed by atoms with E-state index in [1.807, 2.05) is 65.4 Å². The second kappa shape index (κ2) is 10.00. The van der Waals surface area contributed by atoms with Gasteiger partial charge in [-0.15, -0.1) is 0 Å². The molecule has 10 nitrogen and oxygen atoms in total. The van der Waals surface area contributed by atoms with E-state index in [1.54, 1.807) is 7.11 Å². The van der Waals surface area contributed by atoms with Gasteiger partial charge in [-0.2, -0.15) is 15.0 Å². The van der Waals surface area contributed by atoms with Crippen molar-refractivity contribution in [3.05, 3.63) is 66.5 Å². The van der Waals surface area contributed by atoms with Crippen molar-refractivity contribution >= 4 is 33.7 Å². The third-order valence-electron chi connectivity index (χ3n) is 6.48. The number of amides is 1. The predicted molar refractivity (Wildman–Crippen MR) is 141 cm³/mol. The van der Waals surface area contributed by atoms with Gasteiger partial charge in [-0.25, -0.2) is 0 Å². The van der Waals surface area contributed by atoms with Crippen molar-refractivity contribution in [2.75, 3.05) is 51.5 Å². The fourth-order valence-electron chi connectivity index (χ4n) is 4.65. The number of H-pyrrole nitrogens is 1. The van der Waals surface area contributed by atoms with Gasteiger partial charge in [-0.1, -0.05) is 30.3 Å². The lowest BCUT2D eigenvalue weighted by Crippen LogP contribution is -2.37. The molecule has 37 heavy (non-hydrogen) atoms. The Morgan fingerprint density at radius 2 is 1.89 bits per heavy atom. The number of nitrogens with one attached hydrogen (secondary N) is 2. The normalized spacial score (nSPS) is 13.9. The number of para-hydroxylation sites is 1. The van der Waals surface area contributed by atoms with Crippen molar-refractivity contribution in [2.24, 2.45) is 0 Å². The highest BCUT2D eigenvalue weighted by Crippen LogP contribution is 2.29. The minimum absolute atomic E-state index is 0.226. The Bertz CT molecular complexity index is 1570. The number of carbonyl (C=O) groups excluding carboxylic acids is 1. The number of anilines is 1. The van der Waals surface area contributed by atoms with E-state index in [0.29, 0.717) is 62.9 Å². The van der Waals surface area contributed by atoms with Gasteiger partial charge < -0.3 is 24.7 Å². The molecule has 0 atom stereocenters. The van der Waals surface area contributed by atoms with Crippen molar-refractivity contribution in [3.63, 3.8) is 0 Å². The molecule has 0 unspecified atom stereocenters. The minimum atomic E-state index is -0.226. The topological polar surface area (TPSA) is 110 Å². The summed E-state index contributed by atoms with van der Waals surface area (Å²) in [7, 11) is 1.60. The molecule has 6 rings (SSSR count). The molecule has 0 bridgehead atoms. The Labute approximate surface area is 213 Å². The molecule has 1 aliphatic rings. The van der Waals surface area contributed by atoms with Crippen LogP contribution in [0.1, 0.15) is 10.5 Å². The fourth-order valence-corrected chi connectivity index (χ4v) is 4.65. The van der Waals surface area contributed by atoms with Crippen LogP contribution in [-0.2, 0) is 9.47 Å². The van der Waals surface area contributed by atoms with Gasteiger partial charge in [0.05, 0.1) is 25.3 Å². The molecule has 10 heteroatoms. The number of rotatable bonds is 7. The van der Waals surface area contributed by atoms with Crippen LogP contribution in [0.25, 0.3) is 39.1 Å². The zero-order valence-corrected chi connectivity index (χ0v) is 20.5. The highest BCUT2D eigenvalue weighted by molar-refractivity contribution is 6.00. The van der Waals surface area contributed by atoms with E-state index in [0.717, 1.165) is 27.4 Å². The van der Waals surface area contributed by atoms with Gasteiger partial charge >= 0.3 is 0 Å². The first kappa shape index (κ1) is 23.1. The highest BCUT2D eigenvalue weighted by atomic mass is 16.5. The van der Waals surface area contributed by atoms with Crippen LogP contribution in [0.4, 0.5) is 5.95 Å². The maximum atomic E-state index is 13.3. The van der Waals surface area contributed by atoms with Crippen molar-refractivity contribution in [1.82, 2.24) is 29.8 Å². The number of aromatic amines is 1. The quantitative estimate of drug-likeness (QED) is 0.332. The average Bonchev–Trinajstić information content (AvgIpc) is 3.58. The first-order valence-electron chi connectivity index (χ1n) is 12.3. The molecule has 0 aliphatic carbocycles. The Morgan fingerprint density at radius 3 is 2.76 bits per heavy atom. The van der Waals surface area contributed by atoms with E-state index in [2.05, 4.69) is 15.2 Å². The molecular formula is C27H27N7O3. The molecule has 1 amide bonds. The van der Waals surface area contributed by atoms with Gasteiger partial charge in [0, 0.05) is 54.8 Å². The first-order chi connectivity index (χ1) is 18.2. The molecule has 4 heterocycles. The molecule has 188 valence electrons. The maximum Gasteiger partial charge on any atom is 0.268 e. The van der Waals surface area contributed by atoms with Crippen molar-refractivity contribution in [2.45, 2.75) is 0 Å². The van der Waals surface area contributed by atoms with E-state index < -0.39 is 0 Å². The third-order valence-corrected chi connectivity index (χ3v) is 6.48. The number of morpholine rings is 1. The second-order valence-corrected chi connectivity index (χ2v) is 8.78. The van der Waals surface area contributed by atoms with Crippen LogP contribution < -0.4 is 10.2 Å². The van der Waals surface area contributed by atoms with Gasteiger partial charge in [0.25, 0.3) is 5.91 Å². The minimum Gasteiger partial charge on any atom is -0.383 e. The summed E-state index contributed by atoms with van der Waals surface area (Å²) in [5.41, 5.74) is 3.17. The number of aromatic nitrogens is 5. The van der Waals surface area contributed by atoms with Gasteiger partial charge in [-0.3, -0.25) is 9.36 Å². The van der Waals surface area contributed by atoms with Crippen LogP contribution in [0.15, 0.2) is 60.8 Å². The lowest BCUT2D eigenvalue weighted by atomic mass is 10.1. The summed E-state index contributed by atoms with van der Waals surface area (Å²) in [6, 6.07) is 17.7.